The van der Waals surface area contributed by atoms with Crippen LogP contribution < -0.4 is 5.73 Å². The summed E-state index contributed by atoms with van der Waals surface area (Å²) < 4.78 is 30.7. The van der Waals surface area contributed by atoms with Crippen LogP contribution >= 0.6 is 0 Å². The van der Waals surface area contributed by atoms with Gasteiger partial charge in [-0.2, -0.15) is 0 Å². The van der Waals surface area contributed by atoms with Crippen LogP contribution in [0.4, 0.5) is 8.78 Å². The maximum atomic E-state index is 12.9. The first-order chi connectivity index (χ1) is 7.61. The normalized spacial score (nSPS) is 13.2. The summed E-state index contributed by atoms with van der Waals surface area (Å²) in [4.78, 5) is 6.89. The molecular weight excluding hydrogens is 216 g/mol. The smallest absolute Gasteiger partial charge is 0.161 e. The molecule has 86 valence electrons. The van der Waals surface area contributed by atoms with Gasteiger partial charge >= 0.3 is 0 Å². The molecule has 4 nitrogen and oxygen atoms in total. The number of hydrogen-bond acceptors (Lipinski definition) is 3. The highest BCUT2D eigenvalue weighted by molar-refractivity contribution is 5.75. The summed E-state index contributed by atoms with van der Waals surface area (Å²) in [5.41, 5.74) is 6.50. The molecule has 3 N–H and O–H groups in total. The van der Waals surface area contributed by atoms with Crippen molar-refractivity contribution in [3.63, 3.8) is 0 Å². The number of benzene rings is 1. The van der Waals surface area contributed by atoms with Crippen LogP contribution in [-0.2, 0) is 4.74 Å². The second kappa shape index (κ2) is 4.15. The number of imidazole rings is 1. The first-order valence-corrected chi connectivity index (χ1v) is 4.71. The summed E-state index contributed by atoms with van der Waals surface area (Å²) in [6.07, 6.45) is 0. The van der Waals surface area contributed by atoms with Gasteiger partial charge in [0, 0.05) is 19.2 Å². The van der Waals surface area contributed by atoms with Gasteiger partial charge in [0.05, 0.1) is 23.7 Å². The lowest BCUT2D eigenvalue weighted by atomic mass is 10.3. The van der Waals surface area contributed by atoms with Crippen molar-refractivity contribution in [1.82, 2.24) is 9.97 Å². The number of rotatable bonds is 3. The van der Waals surface area contributed by atoms with E-state index in [1.54, 1.807) is 0 Å². The number of aromatic nitrogens is 2. The van der Waals surface area contributed by atoms with Crippen molar-refractivity contribution < 1.29 is 13.5 Å². The van der Waals surface area contributed by atoms with E-state index in [1.165, 1.54) is 7.11 Å². The van der Waals surface area contributed by atoms with Gasteiger partial charge in [-0.15, -0.1) is 0 Å². The number of nitrogens with two attached hydrogens (primary N) is 1. The van der Waals surface area contributed by atoms with E-state index < -0.39 is 17.7 Å². The minimum Gasteiger partial charge on any atom is -0.383 e. The molecule has 0 saturated carbocycles. The average molecular weight is 227 g/mol. The largest absolute Gasteiger partial charge is 0.383 e. The molecule has 0 fully saturated rings. The monoisotopic (exact) mass is 227 g/mol. The molecule has 0 radical (unpaired) electrons. The molecule has 1 aromatic carbocycles. The molecule has 1 atom stereocenters. The van der Waals surface area contributed by atoms with Gasteiger partial charge in [-0.1, -0.05) is 0 Å². The Morgan fingerprint density at radius 3 is 2.81 bits per heavy atom. The molecule has 2 aromatic rings. The van der Waals surface area contributed by atoms with Crippen LogP contribution in [-0.4, -0.2) is 23.7 Å². The number of ether oxygens (including phenoxy) is 1. The topological polar surface area (TPSA) is 63.9 Å². The molecule has 1 unspecified atom stereocenters. The zero-order valence-corrected chi connectivity index (χ0v) is 8.63. The highest BCUT2D eigenvalue weighted by Gasteiger charge is 2.13. The fraction of sp³-hybridized carbons (Fsp3) is 0.300. The number of methoxy groups -OCH3 is 1. The zero-order chi connectivity index (χ0) is 11.7. The van der Waals surface area contributed by atoms with Gasteiger partial charge in [0.1, 0.15) is 5.82 Å². The summed E-state index contributed by atoms with van der Waals surface area (Å²) in [5, 5.41) is 0. The third-order valence-corrected chi connectivity index (χ3v) is 2.24. The van der Waals surface area contributed by atoms with E-state index in [0.717, 1.165) is 12.1 Å². The van der Waals surface area contributed by atoms with E-state index in [2.05, 4.69) is 9.97 Å². The Morgan fingerprint density at radius 2 is 2.12 bits per heavy atom. The number of nitrogens with one attached hydrogen (secondary N) is 1. The van der Waals surface area contributed by atoms with Crippen LogP contribution in [0.15, 0.2) is 12.1 Å². The number of fused-ring (bicyclic) bond motifs is 1. The van der Waals surface area contributed by atoms with Crippen molar-refractivity contribution in [3.8, 4) is 0 Å². The first-order valence-electron chi connectivity index (χ1n) is 4.71. The summed E-state index contributed by atoms with van der Waals surface area (Å²) in [5.74, 6) is -1.39. The Labute approximate surface area is 90.4 Å². The molecule has 0 amide bonds. The van der Waals surface area contributed by atoms with Crippen LogP contribution in [0.3, 0.4) is 0 Å². The maximum Gasteiger partial charge on any atom is 0.161 e. The molecule has 0 bridgehead atoms. The lowest BCUT2D eigenvalue weighted by molar-refractivity contribution is 0.178. The Morgan fingerprint density at radius 1 is 1.44 bits per heavy atom. The molecule has 16 heavy (non-hydrogen) atoms. The Balaban J connectivity index is 2.43. The number of hydrogen-bond donors (Lipinski definition) is 2. The number of aromatic amines is 1. The second-order valence-electron chi connectivity index (χ2n) is 3.47. The number of nitrogens with zero attached hydrogens (tertiary/aromatic N) is 1. The van der Waals surface area contributed by atoms with Crippen LogP contribution in [0, 0.1) is 11.6 Å². The molecule has 6 heteroatoms. The van der Waals surface area contributed by atoms with Crippen molar-refractivity contribution in [3.05, 3.63) is 29.6 Å². The molecular formula is C10H11F2N3O. The number of halogens is 2. The molecule has 0 spiro atoms. The standard InChI is InChI=1S/C10H11F2N3O/c1-16-4-7(13)10-14-8-2-5(11)6(12)3-9(8)15-10/h2-3,7H,4,13H2,1H3,(H,14,15). The lowest BCUT2D eigenvalue weighted by Gasteiger charge is -2.05. The van der Waals surface area contributed by atoms with E-state index in [4.69, 9.17) is 10.5 Å². The van der Waals surface area contributed by atoms with Gasteiger partial charge in [0.2, 0.25) is 0 Å². The van der Waals surface area contributed by atoms with Crippen molar-refractivity contribution >= 4 is 11.0 Å². The van der Waals surface area contributed by atoms with Crippen LogP contribution in [0.2, 0.25) is 0 Å². The number of H-pyrrole nitrogens is 1. The Bertz CT molecular complexity index is 473. The minimum atomic E-state index is -0.925. The summed E-state index contributed by atoms with van der Waals surface area (Å²) in [6.45, 7) is 0.283. The Hall–Kier alpha value is -1.53. The summed E-state index contributed by atoms with van der Waals surface area (Å²) in [6, 6.07) is 1.65. The van der Waals surface area contributed by atoms with Gasteiger partial charge < -0.3 is 15.5 Å². The lowest BCUT2D eigenvalue weighted by Crippen LogP contribution is -2.17. The van der Waals surface area contributed by atoms with Gasteiger partial charge in [0.25, 0.3) is 0 Å². The molecule has 0 aliphatic rings. The van der Waals surface area contributed by atoms with Gasteiger partial charge in [-0.05, 0) is 0 Å². The average Bonchev–Trinajstić information content (AvgIpc) is 2.62. The molecule has 2 rings (SSSR count). The predicted octanol–water partition coefficient (Wildman–Crippen LogP) is 1.49. The van der Waals surface area contributed by atoms with Crippen molar-refractivity contribution in [1.29, 1.82) is 0 Å². The van der Waals surface area contributed by atoms with Gasteiger partial charge in [-0.3, -0.25) is 0 Å². The van der Waals surface area contributed by atoms with Crippen molar-refractivity contribution in [2.24, 2.45) is 5.73 Å². The van der Waals surface area contributed by atoms with Gasteiger partial charge in [-0.25, -0.2) is 13.8 Å². The predicted molar refractivity (Wildman–Crippen MR) is 54.8 cm³/mol. The van der Waals surface area contributed by atoms with Gasteiger partial charge in [0.15, 0.2) is 11.6 Å². The first kappa shape index (κ1) is 11.0. The fourth-order valence-electron chi connectivity index (χ4n) is 1.46. The van der Waals surface area contributed by atoms with Crippen molar-refractivity contribution in [2.45, 2.75) is 6.04 Å². The van der Waals surface area contributed by atoms with E-state index in [1.807, 2.05) is 0 Å². The van der Waals surface area contributed by atoms with Crippen LogP contribution in [0.1, 0.15) is 11.9 Å². The minimum absolute atomic E-state index is 0.283. The highest BCUT2D eigenvalue weighted by atomic mass is 19.2. The molecule has 0 aliphatic heterocycles. The maximum absolute atomic E-state index is 12.9. The second-order valence-corrected chi connectivity index (χ2v) is 3.47. The van der Waals surface area contributed by atoms with E-state index in [9.17, 15) is 8.78 Å². The Kier molecular flexibility index (Phi) is 2.84. The zero-order valence-electron chi connectivity index (χ0n) is 8.63. The summed E-state index contributed by atoms with van der Waals surface area (Å²) >= 11 is 0. The SMILES string of the molecule is COCC(N)c1nc2cc(F)c(F)cc2[nH]1. The fourth-order valence-corrected chi connectivity index (χ4v) is 1.46. The van der Waals surface area contributed by atoms with Crippen LogP contribution in [0.5, 0.6) is 0 Å². The third kappa shape index (κ3) is 1.89. The molecule has 1 heterocycles. The van der Waals surface area contributed by atoms with E-state index >= 15 is 0 Å². The van der Waals surface area contributed by atoms with E-state index in [0.29, 0.717) is 16.9 Å². The van der Waals surface area contributed by atoms with E-state index in [-0.39, 0.29) is 6.61 Å². The summed E-state index contributed by atoms with van der Waals surface area (Å²) in [7, 11) is 1.52. The van der Waals surface area contributed by atoms with Crippen molar-refractivity contribution in [2.75, 3.05) is 13.7 Å². The highest BCUT2D eigenvalue weighted by Crippen LogP contribution is 2.18. The molecule has 0 saturated heterocycles. The molecule has 0 aliphatic carbocycles. The van der Waals surface area contributed by atoms with Crippen LogP contribution in [0.25, 0.3) is 11.0 Å². The third-order valence-electron chi connectivity index (χ3n) is 2.24. The molecule has 1 aromatic heterocycles. The quantitative estimate of drug-likeness (QED) is 0.834.